The van der Waals surface area contributed by atoms with Crippen molar-refractivity contribution < 1.29 is 4.79 Å². The van der Waals surface area contributed by atoms with Crippen LogP contribution in [0.1, 0.15) is 45.6 Å². The Kier molecular flexibility index (Phi) is 7.24. The quantitative estimate of drug-likeness (QED) is 0.337. The summed E-state index contributed by atoms with van der Waals surface area (Å²) in [6.45, 7) is 4.72. The van der Waals surface area contributed by atoms with Crippen molar-refractivity contribution in [2.75, 3.05) is 24.5 Å². The van der Waals surface area contributed by atoms with E-state index < -0.39 is 0 Å². The molecule has 0 bridgehead atoms. The number of nitrogen functional groups attached to an aromatic ring is 1. The Morgan fingerprint density at radius 2 is 1.94 bits per heavy atom. The van der Waals surface area contributed by atoms with Crippen LogP contribution in [0.5, 0.6) is 0 Å². The van der Waals surface area contributed by atoms with E-state index >= 15 is 0 Å². The van der Waals surface area contributed by atoms with Crippen molar-refractivity contribution in [2.24, 2.45) is 5.73 Å². The second-order valence-electron chi connectivity index (χ2n) is 8.47. The number of amides is 1. The average Bonchev–Trinajstić information content (AvgIpc) is 3.39. The lowest BCUT2D eigenvalue weighted by atomic mass is 10.0. The average molecular weight is 452 g/mol. The summed E-state index contributed by atoms with van der Waals surface area (Å²) in [6, 6.07) is 19.2. The van der Waals surface area contributed by atoms with Gasteiger partial charge >= 0.3 is 0 Å². The molecule has 3 aromatic rings. The largest absolute Gasteiger partial charge is 0.384 e. The van der Waals surface area contributed by atoms with E-state index in [1.807, 2.05) is 72.5 Å². The highest BCUT2D eigenvalue weighted by atomic mass is 16.2. The molecule has 6 nitrogen and oxygen atoms in total. The molecule has 172 valence electrons. The summed E-state index contributed by atoms with van der Waals surface area (Å²) in [5.41, 5.74) is 10.8. The first-order chi connectivity index (χ1) is 16.5. The van der Waals surface area contributed by atoms with E-state index in [1.54, 1.807) is 6.20 Å². The number of benzene rings is 2. The van der Waals surface area contributed by atoms with Crippen LogP contribution in [0.15, 0.2) is 66.9 Å². The van der Waals surface area contributed by atoms with E-state index in [0.29, 0.717) is 18.7 Å². The van der Waals surface area contributed by atoms with Crippen LogP contribution in [0, 0.1) is 24.2 Å². The Bertz CT molecular complexity index is 1240. The number of hydrogen-bond donors (Lipinski definition) is 2. The van der Waals surface area contributed by atoms with Crippen LogP contribution in [-0.2, 0) is 6.54 Å². The number of nitrogens with two attached hydrogens (primary N) is 1. The molecule has 3 N–H and O–H groups in total. The predicted octanol–water partition coefficient (Wildman–Crippen LogP) is 3.97. The zero-order valence-electron chi connectivity index (χ0n) is 19.4. The minimum Gasteiger partial charge on any atom is -0.384 e. The number of anilines is 1. The Labute approximate surface area is 200 Å². The van der Waals surface area contributed by atoms with Gasteiger partial charge in [0.2, 0.25) is 0 Å². The number of rotatable bonds is 6. The molecule has 6 heteroatoms. The van der Waals surface area contributed by atoms with Gasteiger partial charge in [-0.1, -0.05) is 30.0 Å². The van der Waals surface area contributed by atoms with Crippen molar-refractivity contribution in [3.8, 4) is 11.8 Å². The van der Waals surface area contributed by atoms with Crippen molar-refractivity contribution in [1.29, 1.82) is 5.41 Å². The Morgan fingerprint density at radius 3 is 2.65 bits per heavy atom. The van der Waals surface area contributed by atoms with Gasteiger partial charge in [0.05, 0.1) is 18.8 Å². The van der Waals surface area contributed by atoms with Gasteiger partial charge in [0.15, 0.2) is 0 Å². The molecule has 1 aliphatic rings. The highest BCUT2D eigenvalue weighted by Crippen LogP contribution is 2.19. The molecular formula is C28H29N5O. The van der Waals surface area contributed by atoms with Crippen LogP contribution in [0.25, 0.3) is 0 Å². The molecule has 1 saturated heterocycles. The smallest absolute Gasteiger partial charge is 0.254 e. The Morgan fingerprint density at radius 1 is 1.12 bits per heavy atom. The molecule has 0 spiro atoms. The third-order valence-corrected chi connectivity index (χ3v) is 5.95. The fourth-order valence-electron chi connectivity index (χ4n) is 4.10. The Balaban J connectivity index is 1.53. The number of amidine groups is 1. The normalized spacial score (nSPS) is 12.7. The summed E-state index contributed by atoms with van der Waals surface area (Å²) < 4.78 is 0. The van der Waals surface area contributed by atoms with Crippen molar-refractivity contribution in [3.05, 3.63) is 94.8 Å². The van der Waals surface area contributed by atoms with Gasteiger partial charge in [-0.3, -0.25) is 15.2 Å². The molecule has 2 heterocycles. The van der Waals surface area contributed by atoms with E-state index in [4.69, 9.17) is 11.1 Å². The fraction of sp³-hybridized carbons (Fsp3) is 0.250. The van der Waals surface area contributed by atoms with E-state index in [2.05, 4.69) is 21.7 Å². The lowest BCUT2D eigenvalue weighted by Crippen LogP contribution is -2.28. The fourth-order valence-corrected chi connectivity index (χ4v) is 4.10. The second-order valence-corrected chi connectivity index (χ2v) is 8.47. The molecule has 1 fully saturated rings. The molecule has 0 unspecified atom stereocenters. The maximum atomic E-state index is 12.7. The first-order valence-corrected chi connectivity index (χ1v) is 11.5. The summed E-state index contributed by atoms with van der Waals surface area (Å²) in [5, 5.41) is 7.76. The van der Waals surface area contributed by atoms with Crippen LogP contribution < -0.4 is 10.6 Å². The lowest BCUT2D eigenvalue weighted by Gasteiger charge is -2.22. The summed E-state index contributed by atoms with van der Waals surface area (Å²) >= 11 is 0. The van der Waals surface area contributed by atoms with Crippen molar-refractivity contribution in [2.45, 2.75) is 26.3 Å². The molecule has 0 atom stereocenters. The van der Waals surface area contributed by atoms with Gasteiger partial charge in [0.25, 0.3) is 5.91 Å². The first kappa shape index (κ1) is 23.1. The number of nitrogens with one attached hydrogen (secondary N) is 1. The van der Waals surface area contributed by atoms with E-state index in [0.717, 1.165) is 54.0 Å². The highest BCUT2D eigenvalue weighted by molar-refractivity contribution is 5.96. The van der Waals surface area contributed by atoms with Crippen molar-refractivity contribution in [1.82, 2.24) is 9.88 Å². The minimum absolute atomic E-state index is 0.0322. The number of carbonyl (C=O) groups is 1. The summed E-state index contributed by atoms with van der Waals surface area (Å²) in [5.74, 6) is 6.65. The van der Waals surface area contributed by atoms with Crippen LogP contribution in [0.2, 0.25) is 0 Å². The molecular weight excluding hydrogens is 422 g/mol. The second kappa shape index (κ2) is 10.7. The van der Waals surface area contributed by atoms with Gasteiger partial charge in [0.1, 0.15) is 5.84 Å². The highest BCUT2D eigenvalue weighted by Gasteiger charge is 2.20. The maximum absolute atomic E-state index is 12.7. The molecule has 2 aromatic carbocycles. The minimum atomic E-state index is 0.0322. The maximum Gasteiger partial charge on any atom is 0.254 e. The number of nitrogens with zero attached hydrogens (tertiary/aromatic N) is 3. The molecule has 0 saturated carbocycles. The lowest BCUT2D eigenvalue weighted by molar-refractivity contribution is 0.0792. The first-order valence-electron chi connectivity index (χ1n) is 11.5. The van der Waals surface area contributed by atoms with Crippen LogP contribution in [0.4, 0.5) is 5.69 Å². The van der Waals surface area contributed by atoms with Gasteiger partial charge in [0, 0.05) is 41.7 Å². The third kappa shape index (κ3) is 5.62. The number of aromatic nitrogens is 1. The number of carbonyl (C=O) groups excluding carboxylic acids is 1. The van der Waals surface area contributed by atoms with E-state index in [9.17, 15) is 4.79 Å². The summed E-state index contributed by atoms with van der Waals surface area (Å²) in [4.78, 5) is 21.2. The number of aryl methyl sites for hydroxylation is 1. The van der Waals surface area contributed by atoms with Gasteiger partial charge in [-0.25, -0.2) is 0 Å². The van der Waals surface area contributed by atoms with Gasteiger partial charge in [-0.2, -0.15) is 0 Å². The topological polar surface area (TPSA) is 86.3 Å². The van der Waals surface area contributed by atoms with E-state index in [-0.39, 0.29) is 11.7 Å². The molecule has 4 rings (SSSR count). The molecule has 1 amide bonds. The SMILES string of the molecule is Cc1cc(C#CCN(Cc2ccccn2)c2cccc(C(=N)N)c2)ccc1C(=O)N1CCCC1. The van der Waals surface area contributed by atoms with Crippen LogP contribution in [-0.4, -0.2) is 41.3 Å². The van der Waals surface area contributed by atoms with Crippen LogP contribution >= 0.6 is 0 Å². The van der Waals surface area contributed by atoms with Gasteiger partial charge < -0.3 is 15.5 Å². The number of pyridine rings is 1. The number of hydrogen-bond acceptors (Lipinski definition) is 4. The molecule has 34 heavy (non-hydrogen) atoms. The molecule has 1 aliphatic heterocycles. The van der Waals surface area contributed by atoms with Crippen molar-refractivity contribution >= 4 is 17.4 Å². The third-order valence-electron chi connectivity index (χ3n) is 5.95. The van der Waals surface area contributed by atoms with Crippen LogP contribution in [0.3, 0.4) is 0 Å². The monoisotopic (exact) mass is 451 g/mol. The summed E-state index contributed by atoms with van der Waals surface area (Å²) in [7, 11) is 0. The summed E-state index contributed by atoms with van der Waals surface area (Å²) in [6.07, 6.45) is 3.94. The van der Waals surface area contributed by atoms with E-state index in [1.165, 1.54) is 0 Å². The predicted molar refractivity (Wildman–Crippen MR) is 136 cm³/mol. The van der Waals surface area contributed by atoms with Crippen molar-refractivity contribution in [3.63, 3.8) is 0 Å². The standard InChI is InChI=1S/C28H29N5O/c1-21-18-22(12-13-26(21)28(34)32-15-4-5-16-32)8-7-17-33(20-24-10-2-3-14-31-24)25-11-6-9-23(19-25)27(29)30/h2-3,6,9-14,18-19H,4-5,15-17,20H2,1H3,(H3,29,30). The zero-order chi connectivity index (χ0) is 23.9. The molecule has 1 aromatic heterocycles. The Hall–Kier alpha value is -4.11. The van der Waals surface area contributed by atoms with Gasteiger partial charge in [-0.05, 0) is 67.8 Å². The zero-order valence-corrected chi connectivity index (χ0v) is 19.4. The number of likely N-dealkylation sites (tertiary alicyclic amines) is 1. The molecule has 0 radical (unpaired) electrons. The van der Waals surface area contributed by atoms with Gasteiger partial charge in [-0.15, -0.1) is 0 Å². The molecule has 0 aliphatic carbocycles.